The number of aromatic nitrogens is 2. The van der Waals surface area contributed by atoms with Crippen LogP contribution < -0.4 is 5.69 Å². The summed E-state index contributed by atoms with van der Waals surface area (Å²) in [6.07, 6.45) is 4.77. The van der Waals surface area contributed by atoms with E-state index in [1.165, 1.54) is 11.1 Å². The topological polar surface area (TPSA) is 56.5 Å². The number of imidazole rings is 1. The zero-order valence-corrected chi connectivity index (χ0v) is 17.2. The van der Waals surface area contributed by atoms with Gasteiger partial charge in [-0.3, -0.25) is 9.13 Å². The summed E-state index contributed by atoms with van der Waals surface area (Å²) in [6, 6.07) is 6.19. The number of allylic oxidation sites excluding steroid dienone is 2. The van der Waals surface area contributed by atoms with Crippen molar-refractivity contribution < 1.29 is 9.53 Å². The Kier molecular flexibility index (Phi) is 4.60. The van der Waals surface area contributed by atoms with Gasteiger partial charge in [0, 0.05) is 32.2 Å². The van der Waals surface area contributed by atoms with Gasteiger partial charge in [-0.05, 0) is 57.6 Å². The van der Waals surface area contributed by atoms with E-state index in [2.05, 4.69) is 12.1 Å². The van der Waals surface area contributed by atoms with Gasteiger partial charge in [-0.25, -0.2) is 9.59 Å². The number of nitrogens with zero attached hydrogens (tertiary/aromatic N) is 3. The van der Waals surface area contributed by atoms with E-state index in [9.17, 15) is 9.59 Å². The van der Waals surface area contributed by atoms with Crippen LogP contribution in [0.3, 0.4) is 0 Å². The molecule has 2 aliphatic rings. The number of aryl methyl sites for hydroxylation is 2. The lowest BCUT2D eigenvalue weighted by Crippen LogP contribution is -2.41. The summed E-state index contributed by atoms with van der Waals surface area (Å²) >= 11 is 0. The van der Waals surface area contributed by atoms with Crippen molar-refractivity contribution in [2.45, 2.75) is 52.2 Å². The minimum atomic E-state index is -0.468. The van der Waals surface area contributed by atoms with E-state index >= 15 is 0 Å². The number of likely N-dealkylation sites (tertiary alicyclic amines) is 1. The Morgan fingerprint density at radius 1 is 1.14 bits per heavy atom. The van der Waals surface area contributed by atoms with Crippen LogP contribution in [0.2, 0.25) is 0 Å². The molecule has 2 aromatic rings. The molecule has 0 radical (unpaired) electrons. The molecule has 3 heterocycles. The Hall–Kier alpha value is -2.50. The molecule has 1 saturated heterocycles. The van der Waals surface area contributed by atoms with E-state index in [1.54, 1.807) is 4.57 Å². The maximum atomic E-state index is 12.6. The smallest absolute Gasteiger partial charge is 0.410 e. The van der Waals surface area contributed by atoms with Crippen molar-refractivity contribution in [3.63, 3.8) is 0 Å². The van der Waals surface area contributed by atoms with Crippen molar-refractivity contribution in [3.05, 3.63) is 40.3 Å². The van der Waals surface area contributed by atoms with Crippen LogP contribution in [0.25, 0.3) is 16.6 Å². The van der Waals surface area contributed by atoms with Gasteiger partial charge < -0.3 is 9.64 Å². The Morgan fingerprint density at radius 3 is 2.54 bits per heavy atom. The highest BCUT2D eigenvalue weighted by Gasteiger charge is 2.30. The first-order chi connectivity index (χ1) is 13.3. The molecule has 0 aliphatic carbocycles. The van der Waals surface area contributed by atoms with Crippen molar-refractivity contribution in [2.75, 3.05) is 13.1 Å². The molecule has 0 unspecified atom stereocenters. The van der Waals surface area contributed by atoms with Crippen molar-refractivity contribution in [1.82, 2.24) is 14.0 Å². The van der Waals surface area contributed by atoms with Crippen LogP contribution in [0.5, 0.6) is 0 Å². The Labute approximate surface area is 165 Å². The number of carbonyl (C=O) groups excluding carboxylic acids is 1. The SMILES string of the molecule is Cn1c(=O)n2c3c(cccc31)C(C1CCN(C(=O)OC(C)(C)C)CC1)=CCC2. The molecule has 1 amide bonds. The summed E-state index contributed by atoms with van der Waals surface area (Å²) in [6.45, 7) is 7.81. The van der Waals surface area contributed by atoms with Crippen LogP contribution in [-0.2, 0) is 18.3 Å². The third-order valence-electron chi connectivity index (χ3n) is 5.78. The van der Waals surface area contributed by atoms with Gasteiger partial charge in [0.1, 0.15) is 5.60 Å². The molecule has 1 aromatic carbocycles. The summed E-state index contributed by atoms with van der Waals surface area (Å²) in [5, 5.41) is 0. The molecule has 0 bridgehead atoms. The number of piperidine rings is 1. The molecular weight excluding hydrogens is 354 g/mol. The predicted octanol–water partition coefficient (Wildman–Crippen LogP) is 3.77. The number of ether oxygens (including phenoxy) is 1. The highest BCUT2D eigenvalue weighted by molar-refractivity contribution is 5.91. The van der Waals surface area contributed by atoms with Crippen molar-refractivity contribution in [2.24, 2.45) is 13.0 Å². The molecule has 6 nitrogen and oxygen atoms in total. The van der Waals surface area contributed by atoms with E-state index in [0.717, 1.165) is 30.3 Å². The second-order valence-corrected chi connectivity index (χ2v) is 8.86. The van der Waals surface area contributed by atoms with Crippen LogP contribution in [-0.4, -0.2) is 38.8 Å². The van der Waals surface area contributed by atoms with Crippen molar-refractivity contribution in [1.29, 1.82) is 0 Å². The quantitative estimate of drug-likeness (QED) is 0.753. The van der Waals surface area contributed by atoms with E-state index in [4.69, 9.17) is 4.74 Å². The van der Waals surface area contributed by atoms with Crippen molar-refractivity contribution >= 4 is 22.7 Å². The molecule has 0 N–H and O–H groups in total. The Balaban J connectivity index is 1.58. The fourth-order valence-corrected chi connectivity index (χ4v) is 4.45. The third-order valence-corrected chi connectivity index (χ3v) is 5.78. The van der Waals surface area contributed by atoms with Gasteiger partial charge in [0.15, 0.2) is 0 Å². The van der Waals surface area contributed by atoms with Gasteiger partial charge >= 0.3 is 11.8 Å². The van der Waals surface area contributed by atoms with Gasteiger partial charge in [0.25, 0.3) is 0 Å². The maximum absolute atomic E-state index is 12.6. The molecule has 6 heteroatoms. The van der Waals surface area contributed by atoms with Crippen LogP contribution in [0.15, 0.2) is 29.1 Å². The zero-order valence-electron chi connectivity index (χ0n) is 17.2. The summed E-state index contributed by atoms with van der Waals surface area (Å²) in [5.74, 6) is 0.395. The third kappa shape index (κ3) is 3.25. The molecule has 0 spiro atoms. The monoisotopic (exact) mass is 383 g/mol. The zero-order chi connectivity index (χ0) is 20.1. The van der Waals surface area contributed by atoms with Crippen LogP contribution in [0.4, 0.5) is 4.79 Å². The molecule has 28 heavy (non-hydrogen) atoms. The summed E-state index contributed by atoms with van der Waals surface area (Å²) in [4.78, 5) is 26.8. The average Bonchev–Trinajstić information content (AvgIpc) is 2.80. The largest absolute Gasteiger partial charge is 0.444 e. The second-order valence-electron chi connectivity index (χ2n) is 8.86. The van der Waals surface area contributed by atoms with Gasteiger partial charge in [-0.1, -0.05) is 18.2 Å². The molecule has 0 atom stereocenters. The fraction of sp³-hybridized carbons (Fsp3) is 0.545. The Bertz CT molecular complexity index is 998. The lowest BCUT2D eigenvalue weighted by Gasteiger charge is -2.34. The lowest BCUT2D eigenvalue weighted by molar-refractivity contribution is 0.0199. The predicted molar refractivity (Wildman–Crippen MR) is 110 cm³/mol. The molecule has 0 saturated carbocycles. The molecular formula is C22H29N3O3. The normalized spacial score (nSPS) is 18.1. The highest BCUT2D eigenvalue weighted by atomic mass is 16.6. The minimum Gasteiger partial charge on any atom is -0.444 e. The summed E-state index contributed by atoms with van der Waals surface area (Å²) in [5.41, 5.74) is 4.12. The number of amides is 1. The minimum absolute atomic E-state index is 0.0526. The average molecular weight is 383 g/mol. The lowest BCUT2D eigenvalue weighted by atomic mass is 9.84. The maximum Gasteiger partial charge on any atom is 0.410 e. The van der Waals surface area contributed by atoms with Gasteiger partial charge in [-0.2, -0.15) is 0 Å². The van der Waals surface area contributed by atoms with Crippen LogP contribution in [0.1, 0.15) is 45.6 Å². The Morgan fingerprint density at radius 2 is 1.86 bits per heavy atom. The standard InChI is InChI=1S/C22H29N3O3/c1-22(2,3)28-21(27)24-13-10-15(11-14-24)16-8-6-12-25-19-17(16)7-5-9-18(19)23(4)20(25)26/h5,7-9,15H,6,10-14H2,1-4H3. The summed E-state index contributed by atoms with van der Waals surface area (Å²) < 4.78 is 9.17. The molecule has 1 aromatic heterocycles. The highest BCUT2D eigenvalue weighted by Crippen LogP contribution is 2.37. The van der Waals surface area contributed by atoms with Gasteiger partial charge in [-0.15, -0.1) is 0 Å². The molecule has 150 valence electrons. The number of benzene rings is 1. The van der Waals surface area contributed by atoms with Gasteiger partial charge in [0.2, 0.25) is 0 Å². The number of hydrogen-bond donors (Lipinski definition) is 0. The first-order valence-corrected chi connectivity index (χ1v) is 10.1. The number of hydrogen-bond acceptors (Lipinski definition) is 3. The molecule has 1 fully saturated rings. The molecule has 4 rings (SSSR count). The van der Waals surface area contributed by atoms with Crippen LogP contribution >= 0.6 is 0 Å². The van der Waals surface area contributed by atoms with E-state index in [1.807, 2.05) is 49.4 Å². The molecule has 2 aliphatic heterocycles. The van der Waals surface area contributed by atoms with Crippen molar-refractivity contribution in [3.8, 4) is 0 Å². The van der Waals surface area contributed by atoms with Crippen LogP contribution in [0, 0.1) is 5.92 Å². The summed E-state index contributed by atoms with van der Waals surface area (Å²) in [7, 11) is 1.84. The fourth-order valence-electron chi connectivity index (χ4n) is 4.45. The van der Waals surface area contributed by atoms with Gasteiger partial charge in [0.05, 0.1) is 11.0 Å². The van der Waals surface area contributed by atoms with E-state index in [0.29, 0.717) is 25.6 Å². The van der Waals surface area contributed by atoms with E-state index in [-0.39, 0.29) is 11.8 Å². The number of carbonyl (C=O) groups is 1. The first kappa shape index (κ1) is 18.8. The number of para-hydroxylation sites is 1. The second kappa shape index (κ2) is 6.83. The first-order valence-electron chi connectivity index (χ1n) is 10.1. The van der Waals surface area contributed by atoms with E-state index < -0.39 is 5.60 Å². The number of rotatable bonds is 1.